The summed E-state index contributed by atoms with van der Waals surface area (Å²) >= 11 is 0. The van der Waals surface area contributed by atoms with Crippen molar-refractivity contribution in [1.29, 1.82) is 0 Å². The molecule has 1 aliphatic rings. The predicted octanol–water partition coefficient (Wildman–Crippen LogP) is 5.73. The van der Waals surface area contributed by atoms with Crippen molar-refractivity contribution in [2.45, 2.75) is 32.7 Å². The minimum atomic E-state index is -0.603. The maximum Gasteiger partial charge on any atom is 0.407 e. The number of alkyl carbamates (subject to hydrolysis) is 1. The lowest BCUT2D eigenvalue weighted by Gasteiger charge is -2.21. The molecule has 4 aromatic rings. The second kappa shape index (κ2) is 8.78. The quantitative estimate of drug-likeness (QED) is 0.416. The zero-order chi connectivity index (χ0) is 23.8. The molecular weight excluding hydrogens is 428 g/mol. The van der Waals surface area contributed by atoms with Gasteiger partial charge in [-0.05, 0) is 46.7 Å². The largest absolute Gasteiger partial charge is 0.449 e. The second-order valence-corrected chi connectivity index (χ2v) is 9.00. The number of fused-ring (bicyclic) bond motifs is 4. The first-order valence-corrected chi connectivity index (χ1v) is 11.5. The highest BCUT2D eigenvalue weighted by Crippen LogP contribution is 2.44. The lowest BCUT2D eigenvalue weighted by atomic mass is 9.98. The third-order valence-electron chi connectivity index (χ3n) is 6.43. The van der Waals surface area contributed by atoms with Crippen LogP contribution in [0, 0.1) is 12.8 Å². The molecule has 0 spiro atoms. The van der Waals surface area contributed by atoms with Gasteiger partial charge in [0.05, 0.1) is 10.9 Å². The average molecular weight is 455 g/mol. The van der Waals surface area contributed by atoms with E-state index >= 15 is 0 Å². The summed E-state index contributed by atoms with van der Waals surface area (Å²) in [5, 5.41) is 3.31. The van der Waals surface area contributed by atoms with E-state index in [1.807, 2.05) is 57.2 Å². The Labute approximate surface area is 197 Å². The fraction of sp³-hybridized carbons (Fsp3) is 0.250. The topological polar surface area (TPSA) is 81.4 Å². The van der Waals surface area contributed by atoms with Gasteiger partial charge in [0, 0.05) is 5.92 Å². The average Bonchev–Trinajstić information content (AvgIpc) is 3.14. The molecule has 172 valence electrons. The highest BCUT2D eigenvalue weighted by atomic mass is 16.5. The standard InChI is InChI=1S/C28H26N2O4/c1-16(2)25(26-29-23-14-8-9-17(3)24(23)27(31)34-26)30-28(32)33-15-22-20-12-6-4-10-18(20)19-11-5-7-13-21(19)22/h4-14,16,22,25H,15H2,1-3H3,(H,30,32). The molecule has 1 N–H and O–H groups in total. The van der Waals surface area contributed by atoms with Crippen LogP contribution in [0.4, 0.5) is 4.79 Å². The van der Waals surface area contributed by atoms with Crippen molar-refractivity contribution in [1.82, 2.24) is 10.3 Å². The number of nitrogens with zero attached hydrogens (tertiary/aromatic N) is 1. The molecule has 6 nitrogen and oxygen atoms in total. The summed E-state index contributed by atoms with van der Waals surface area (Å²) in [6, 6.07) is 21.2. The van der Waals surface area contributed by atoms with E-state index in [0.29, 0.717) is 10.9 Å². The first-order valence-electron chi connectivity index (χ1n) is 11.5. The summed E-state index contributed by atoms with van der Waals surface area (Å²) in [6.45, 7) is 5.90. The van der Waals surface area contributed by atoms with Crippen LogP contribution in [0.5, 0.6) is 0 Å². The van der Waals surface area contributed by atoms with E-state index in [1.54, 1.807) is 6.07 Å². The van der Waals surface area contributed by atoms with Crippen LogP contribution >= 0.6 is 0 Å². The Hall–Kier alpha value is -3.93. The molecule has 34 heavy (non-hydrogen) atoms. The van der Waals surface area contributed by atoms with Crippen molar-refractivity contribution in [2.75, 3.05) is 6.61 Å². The molecular formula is C28H26N2O4. The van der Waals surface area contributed by atoms with Crippen LogP contribution in [0.1, 0.15) is 48.4 Å². The van der Waals surface area contributed by atoms with Crippen LogP contribution in [0.25, 0.3) is 22.0 Å². The molecule has 1 aliphatic carbocycles. The van der Waals surface area contributed by atoms with Crippen LogP contribution in [-0.2, 0) is 4.74 Å². The Morgan fingerprint density at radius 2 is 1.65 bits per heavy atom. The molecule has 0 fully saturated rings. The molecule has 0 radical (unpaired) electrons. The van der Waals surface area contributed by atoms with Crippen molar-refractivity contribution < 1.29 is 13.9 Å². The number of hydrogen-bond donors (Lipinski definition) is 1. The number of aryl methyl sites for hydroxylation is 1. The number of benzene rings is 3. The third kappa shape index (κ3) is 3.85. The number of carbonyl (C=O) groups excluding carboxylic acids is 1. The maximum absolute atomic E-state index is 12.8. The van der Waals surface area contributed by atoms with E-state index in [0.717, 1.165) is 16.7 Å². The van der Waals surface area contributed by atoms with Crippen LogP contribution < -0.4 is 10.9 Å². The summed E-state index contributed by atoms with van der Waals surface area (Å²) in [5.74, 6) is 0.0698. The molecule has 0 saturated carbocycles. The molecule has 1 atom stereocenters. The summed E-state index contributed by atoms with van der Waals surface area (Å²) in [4.78, 5) is 30.0. The molecule has 6 heteroatoms. The number of amides is 1. The van der Waals surface area contributed by atoms with Gasteiger partial charge in [-0.1, -0.05) is 74.5 Å². The van der Waals surface area contributed by atoms with Gasteiger partial charge >= 0.3 is 11.7 Å². The number of nitrogens with one attached hydrogen (secondary N) is 1. The normalized spacial score (nSPS) is 13.5. The minimum Gasteiger partial charge on any atom is -0.449 e. The number of ether oxygens (including phenoxy) is 1. The van der Waals surface area contributed by atoms with E-state index in [1.165, 1.54) is 11.1 Å². The van der Waals surface area contributed by atoms with Gasteiger partial charge in [-0.25, -0.2) is 14.6 Å². The monoisotopic (exact) mass is 454 g/mol. The SMILES string of the molecule is Cc1cccc2nc(C(NC(=O)OCC3c4ccccc4-c4ccccc43)C(C)C)oc(=O)c12. The summed E-state index contributed by atoms with van der Waals surface area (Å²) < 4.78 is 11.2. The molecule has 0 bridgehead atoms. The van der Waals surface area contributed by atoms with E-state index in [4.69, 9.17) is 9.15 Å². The van der Waals surface area contributed by atoms with Crippen molar-refractivity contribution in [3.05, 3.63) is 99.7 Å². The first kappa shape index (κ1) is 21.9. The Bertz CT molecular complexity index is 1390. The molecule has 1 unspecified atom stereocenters. The lowest BCUT2D eigenvalue weighted by Crippen LogP contribution is -2.34. The van der Waals surface area contributed by atoms with Gasteiger partial charge in [0.2, 0.25) is 5.89 Å². The smallest absolute Gasteiger partial charge is 0.407 e. The van der Waals surface area contributed by atoms with Crippen LogP contribution in [0.3, 0.4) is 0 Å². The Balaban J connectivity index is 1.36. The summed E-state index contributed by atoms with van der Waals surface area (Å²) in [7, 11) is 0. The van der Waals surface area contributed by atoms with E-state index in [-0.39, 0.29) is 24.3 Å². The molecule has 0 saturated heterocycles. The Morgan fingerprint density at radius 3 is 2.29 bits per heavy atom. The van der Waals surface area contributed by atoms with Crippen LogP contribution in [0.15, 0.2) is 75.9 Å². The lowest BCUT2D eigenvalue weighted by molar-refractivity contribution is 0.133. The second-order valence-electron chi connectivity index (χ2n) is 9.00. The predicted molar refractivity (Wildman–Crippen MR) is 131 cm³/mol. The minimum absolute atomic E-state index is 0.0321. The van der Waals surface area contributed by atoms with Crippen molar-refractivity contribution in [3.8, 4) is 11.1 Å². The highest BCUT2D eigenvalue weighted by Gasteiger charge is 2.30. The fourth-order valence-corrected chi connectivity index (χ4v) is 4.71. The van der Waals surface area contributed by atoms with Gasteiger partial charge in [0.15, 0.2) is 0 Å². The first-order chi connectivity index (χ1) is 16.4. The van der Waals surface area contributed by atoms with Crippen molar-refractivity contribution in [2.24, 2.45) is 5.92 Å². The highest BCUT2D eigenvalue weighted by molar-refractivity contribution is 5.81. The third-order valence-corrected chi connectivity index (χ3v) is 6.43. The van der Waals surface area contributed by atoms with Crippen LogP contribution in [0.2, 0.25) is 0 Å². The number of aromatic nitrogens is 1. The van der Waals surface area contributed by atoms with E-state index < -0.39 is 17.8 Å². The zero-order valence-corrected chi connectivity index (χ0v) is 19.4. The van der Waals surface area contributed by atoms with Gasteiger partial charge in [0.1, 0.15) is 12.6 Å². The summed E-state index contributed by atoms with van der Waals surface area (Å²) in [5.41, 5.74) is 5.53. The molecule has 0 aliphatic heterocycles. The van der Waals surface area contributed by atoms with Gasteiger partial charge in [0.25, 0.3) is 0 Å². The van der Waals surface area contributed by atoms with Gasteiger partial charge in [-0.3, -0.25) is 0 Å². The van der Waals surface area contributed by atoms with E-state index in [9.17, 15) is 9.59 Å². The molecule has 1 amide bonds. The summed E-state index contributed by atoms with van der Waals surface area (Å²) in [6.07, 6.45) is -0.575. The van der Waals surface area contributed by atoms with Gasteiger partial charge in [-0.15, -0.1) is 0 Å². The molecule has 5 rings (SSSR count). The molecule has 1 aromatic heterocycles. The molecule has 3 aromatic carbocycles. The van der Waals surface area contributed by atoms with Gasteiger partial charge in [-0.2, -0.15) is 0 Å². The maximum atomic E-state index is 12.8. The Morgan fingerprint density at radius 1 is 1.00 bits per heavy atom. The van der Waals surface area contributed by atoms with Crippen molar-refractivity contribution in [3.63, 3.8) is 0 Å². The fourth-order valence-electron chi connectivity index (χ4n) is 4.71. The Kier molecular flexibility index (Phi) is 5.65. The van der Waals surface area contributed by atoms with Crippen LogP contribution in [-0.4, -0.2) is 17.7 Å². The van der Waals surface area contributed by atoms with Gasteiger partial charge < -0.3 is 14.5 Å². The number of hydrogen-bond acceptors (Lipinski definition) is 5. The van der Waals surface area contributed by atoms with E-state index in [2.05, 4.69) is 34.6 Å². The number of carbonyl (C=O) groups is 1. The molecule has 1 heterocycles. The van der Waals surface area contributed by atoms with Crippen molar-refractivity contribution >= 4 is 17.0 Å². The zero-order valence-electron chi connectivity index (χ0n) is 19.4. The number of rotatable bonds is 5.